The quantitative estimate of drug-likeness (QED) is 0.398. The van der Waals surface area contributed by atoms with Crippen LogP contribution in [0.25, 0.3) is 0 Å². The Morgan fingerprint density at radius 1 is 1.39 bits per heavy atom. The maximum Gasteiger partial charge on any atom is 0.433 e. The number of benzene rings is 1. The van der Waals surface area contributed by atoms with Crippen molar-refractivity contribution in [2.75, 3.05) is 5.73 Å². The topological polar surface area (TPSA) is 82.3 Å². The van der Waals surface area contributed by atoms with Crippen molar-refractivity contribution in [3.05, 3.63) is 52.0 Å². The molecule has 0 atom stereocenters. The zero-order valence-corrected chi connectivity index (χ0v) is 9.95. The van der Waals surface area contributed by atoms with Crippen molar-refractivity contribution in [1.82, 2.24) is 0 Å². The molecule has 0 fully saturated rings. The number of thioether (sulfide) groups is 1. The van der Waals surface area contributed by atoms with Crippen molar-refractivity contribution in [1.29, 1.82) is 0 Å². The Balaban J connectivity index is 2.04. The number of hydrogen-bond donors (Lipinski definition) is 1. The summed E-state index contributed by atoms with van der Waals surface area (Å²) in [6, 6.07) is 6.93. The van der Waals surface area contributed by atoms with E-state index in [4.69, 9.17) is 10.2 Å². The van der Waals surface area contributed by atoms with Crippen LogP contribution in [0.1, 0.15) is 5.76 Å². The standard InChI is InChI=1S/C11H9FN2O3S/c12-7-1-3-10(9(13)5-7)18-6-8-2-4-11(17-8)14(15)16/h1-5H,6,13H2. The third-order valence-corrected chi connectivity index (χ3v) is 3.28. The molecule has 0 unspecified atom stereocenters. The summed E-state index contributed by atoms with van der Waals surface area (Å²) in [4.78, 5) is 10.5. The lowest BCUT2D eigenvalue weighted by Crippen LogP contribution is -1.90. The molecule has 0 saturated heterocycles. The van der Waals surface area contributed by atoms with Crippen molar-refractivity contribution in [2.24, 2.45) is 0 Å². The first kappa shape index (κ1) is 12.4. The van der Waals surface area contributed by atoms with Crippen LogP contribution in [0, 0.1) is 15.9 Å². The molecule has 0 aliphatic rings. The van der Waals surface area contributed by atoms with Gasteiger partial charge in [-0.15, -0.1) is 11.8 Å². The lowest BCUT2D eigenvalue weighted by molar-refractivity contribution is -0.402. The molecule has 18 heavy (non-hydrogen) atoms. The molecule has 7 heteroatoms. The molecule has 0 bridgehead atoms. The van der Waals surface area contributed by atoms with Gasteiger partial charge in [-0.25, -0.2) is 4.39 Å². The summed E-state index contributed by atoms with van der Waals surface area (Å²) >= 11 is 1.33. The molecule has 94 valence electrons. The third-order valence-electron chi connectivity index (χ3n) is 2.17. The maximum absolute atomic E-state index is 12.8. The van der Waals surface area contributed by atoms with Crippen LogP contribution < -0.4 is 5.73 Å². The van der Waals surface area contributed by atoms with E-state index in [0.717, 1.165) is 0 Å². The molecular weight excluding hydrogens is 259 g/mol. The Labute approximate surface area is 106 Å². The summed E-state index contributed by atoms with van der Waals surface area (Å²) < 4.78 is 17.8. The summed E-state index contributed by atoms with van der Waals surface area (Å²) in [6.07, 6.45) is 0. The minimum Gasteiger partial charge on any atom is -0.405 e. The predicted molar refractivity (Wildman–Crippen MR) is 65.7 cm³/mol. The second-order valence-electron chi connectivity index (χ2n) is 3.47. The SMILES string of the molecule is Nc1cc(F)ccc1SCc1ccc([N+](=O)[O-])o1. The molecular formula is C11H9FN2O3S. The van der Waals surface area contributed by atoms with Crippen molar-refractivity contribution < 1.29 is 13.7 Å². The summed E-state index contributed by atoms with van der Waals surface area (Å²) in [6.45, 7) is 0. The lowest BCUT2D eigenvalue weighted by Gasteiger charge is -2.03. The number of nitrogens with zero attached hydrogens (tertiary/aromatic N) is 1. The smallest absolute Gasteiger partial charge is 0.405 e. The van der Waals surface area contributed by atoms with E-state index in [0.29, 0.717) is 22.1 Å². The highest BCUT2D eigenvalue weighted by atomic mass is 32.2. The van der Waals surface area contributed by atoms with Crippen molar-refractivity contribution in [2.45, 2.75) is 10.6 Å². The number of hydrogen-bond acceptors (Lipinski definition) is 5. The number of anilines is 1. The third kappa shape index (κ3) is 2.80. The van der Waals surface area contributed by atoms with E-state index in [9.17, 15) is 14.5 Å². The molecule has 0 aliphatic heterocycles. The zero-order valence-electron chi connectivity index (χ0n) is 9.13. The predicted octanol–water partition coefficient (Wildman–Crippen LogP) is 3.20. The molecule has 1 aromatic heterocycles. The Hall–Kier alpha value is -2.02. The van der Waals surface area contributed by atoms with Gasteiger partial charge >= 0.3 is 5.88 Å². The molecule has 2 N–H and O–H groups in total. The summed E-state index contributed by atoms with van der Waals surface area (Å²) in [7, 11) is 0. The van der Waals surface area contributed by atoms with Gasteiger partial charge in [0.2, 0.25) is 0 Å². The van der Waals surface area contributed by atoms with Gasteiger partial charge in [-0.05, 0) is 24.3 Å². The van der Waals surface area contributed by atoms with E-state index in [2.05, 4.69) is 0 Å². The zero-order chi connectivity index (χ0) is 13.1. The van der Waals surface area contributed by atoms with Gasteiger partial charge in [0.1, 0.15) is 16.5 Å². The first-order valence-electron chi connectivity index (χ1n) is 4.97. The number of nitrogens with two attached hydrogens (primary N) is 1. The molecule has 2 rings (SSSR count). The van der Waals surface area contributed by atoms with Crippen LogP contribution in [0.2, 0.25) is 0 Å². The van der Waals surface area contributed by atoms with Crippen molar-refractivity contribution >= 4 is 23.3 Å². The van der Waals surface area contributed by atoms with Gasteiger partial charge in [0.15, 0.2) is 0 Å². The Kier molecular flexibility index (Phi) is 3.52. The van der Waals surface area contributed by atoms with Crippen LogP contribution in [0.15, 0.2) is 39.6 Å². The van der Waals surface area contributed by atoms with E-state index in [1.54, 1.807) is 6.07 Å². The van der Waals surface area contributed by atoms with Crippen LogP contribution in [0.4, 0.5) is 16.0 Å². The van der Waals surface area contributed by atoms with Gasteiger partial charge in [-0.1, -0.05) is 0 Å². The maximum atomic E-state index is 12.8. The van der Waals surface area contributed by atoms with Gasteiger partial charge in [-0.2, -0.15) is 0 Å². The van der Waals surface area contributed by atoms with E-state index in [1.165, 1.54) is 36.0 Å². The van der Waals surface area contributed by atoms with E-state index in [1.807, 2.05) is 0 Å². The first-order valence-corrected chi connectivity index (χ1v) is 5.96. The van der Waals surface area contributed by atoms with Gasteiger partial charge in [0.25, 0.3) is 0 Å². The average molecular weight is 268 g/mol. The summed E-state index contributed by atoms with van der Waals surface area (Å²) in [5.74, 6) is 0.169. The molecule has 1 heterocycles. The summed E-state index contributed by atoms with van der Waals surface area (Å²) in [5.41, 5.74) is 5.97. The fourth-order valence-corrected chi connectivity index (χ4v) is 2.18. The largest absolute Gasteiger partial charge is 0.433 e. The Morgan fingerprint density at radius 3 is 2.78 bits per heavy atom. The normalized spacial score (nSPS) is 10.5. The molecule has 5 nitrogen and oxygen atoms in total. The van der Waals surface area contributed by atoms with Crippen LogP contribution in [0.5, 0.6) is 0 Å². The van der Waals surface area contributed by atoms with Crippen LogP contribution >= 0.6 is 11.8 Å². The first-order chi connectivity index (χ1) is 8.56. The fourth-order valence-electron chi connectivity index (χ4n) is 1.34. The fraction of sp³-hybridized carbons (Fsp3) is 0.0909. The Bertz CT molecular complexity index is 585. The second-order valence-corrected chi connectivity index (χ2v) is 4.49. The lowest BCUT2D eigenvalue weighted by atomic mass is 10.3. The number of halogens is 1. The van der Waals surface area contributed by atoms with Crippen LogP contribution in [0.3, 0.4) is 0 Å². The van der Waals surface area contributed by atoms with Gasteiger partial charge in [-0.3, -0.25) is 10.1 Å². The monoisotopic (exact) mass is 268 g/mol. The minimum absolute atomic E-state index is 0.294. The van der Waals surface area contributed by atoms with Crippen LogP contribution in [-0.2, 0) is 5.75 Å². The molecule has 0 radical (unpaired) electrons. The highest BCUT2D eigenvalue weighted by Crippen LogP contribution is 2.30. The molecule has 1 aromatic carbocycles. The van der Waals surface area contributed by atoms with Crippen molar-refractivity contribution in [3.8, 4) is 0 Å². The number of nitrogen functional groups attached to an aromatic ring is 1. The van der Waals surface area contributed by atoms with Crippen molar-refractivity contribution in [3.63, 3.8) is 0 Å². The summed E-state index contributed by atoms with van der Waals surface area (Å²) in [5, 5.41) is 10.4. The van der Waals surface area contributed by atoms with E-state index < -0.39 is 10.7 Å². The highest BCUT2D eigenvalue weighted by Gasteiger charge is 2.12. The number of furan rings is 1. The van der Waals surface area contributed by atoms with E-state index in [-0.39, 0.29) is 5.88 Å². The molecule has 0 amide bonds. The minimum atomic E-state index is -0.597. The molecule has 2 aromatic rings. The molecule has 0 saturated carbocycles. The van der Waals surface area contributed by atoms with E-state index >= 15 is 0 Å². The number of rotatable bonds is 4. The highest BCUT2D eigenvalue weighted by molar-refractivity contribution is 7.98. The average Bonchev–Trinajstić information content (AvgIpc) is 2.76. The Morgan fingerprint density at radius 2 is 2.17 bits per heavy atom. The van der Waals surface area contributed by atoms with Crippen LogP contribution in [-0.4, -0.2) is 4.92 Å². The van der Waals surface area contributed by atoms with Gasteiger partial charge < -0.3 is 10.2 Å². The second kappa shape index (κ2) is 5.09. The number of nitro groups is 1. The molecule has 0 aliphatic carbocycles. The van der Waals surface area contributed by atoms with Gasteiger partial charge in [0, 0.05) is 10.6 Å². The molecule has 0 spiro atoms. The van der Waals surface area contributed by atoms with Gasteiger partial charge in [0.05, 0.1) is 11.8 Å².